The Morgan fingerprint density at radius 2 is 1.80 bits per heavy atom. The van der Waals surface area contributed by atoms with Crippen LogP contribution in [0, 0.1) is 26.6 Å². The third kappa shape index (κ3) is 2.19. The van der Waals surface area contributed by atoms with Crippen LogP contribution in [0.2, 0.25) is 5.15 Å². The molecular weight excluding hydrogens is 295 g/mol. The maximum absolute atomic E-state index is 13.7. The predicted octanol–water partition coefficient (Wildman–Crippen LogP) is 5.08. The van der Waals surface area contributed by atoms with Crippen molar-refractivity contribution in [1.29, 1.82) is 0 Å². The molecule has 2 aromatic heterocycles. The molecule has 1 aromatic carbocycles. The van der Waals surface area contributed by atoms with Crippen LogP contribution in [0.4, 0.5) is 4.39 Å². The van der Waals surface area contributed by atoms with Crippen LogP contribution in [-0.4, -0.2) is 9.97 Å². The fourth-order valence-corrected chi connectivity index (χ4v) is 3.21. The second kappa shape index (κ2) is 4.79. The van der Waals surface area contributed by atoms with E-state index in [0.29, 0.717) is 27.4 Å². The predicted molar refractivity (Wildman–Crippen MR) is 82.0 cm³/mol. The summed E-state index contributed by atoms with van der Waals surface area (Å²) in [7, 11) is 0. The maximum Gasteiger partial charge on any atom is 0.171 e. The van der Waals surface area contributed by atoms with Gasteiger partial charge in [-0.05, 0) is 44.0 Å². The zero-order chi connectivity index (χ0) is 14.4. The number of rotatable bonds is 1. The zero-order valence-corrected chi connectivity index (χ0v) is 12.9. The number of hydrogen-bond acceptors (Lipinski definition) is 3. The number of hydrogen-bond donors (Lipinski definition) is 0. The normalized spacial score (nSPS) is 11.2. The van der Waals surface area contributed by atoms with Crippen LogP contribution in [-0.2, 0) is 0 Å². The van der Waals surface area contributed by atoms with E-state index in [1.54, 1.807) is 24.3 Å². The largest absolute Gasteiger partial charge is 0.227 e. The summed E-state index contributed by atoms with van der Waals surface area (Å²) in [6.07, 6.45) is 0. The van der Waals surface area contributed by atoms with Gasteiger partial charge >= 0.3 is 0 Å². The lowest BCUT2D eigenvalue weighted by atomic mass is 10.1. The highest BCUT2D eigenvalue weighted by atomic mass is 35.5. The number of thiophene rings is 1. The quantitative estimate of drug-likeness (QED) is 0.586. The first-order valence-electron chi connectivity index (χ1n) is 6.16. The van der Waals surface area contributed by atoms with E-state index < -0.39 is 0 Å². The minimum Gasteiger partial charge on any atom is -0.227 e. The Balaban J connectivity index is 2.26. The van der Waals surface area contributed by atoms with E-state index in [1.807, 2.05) is 13.0 Å². The molecule has 5 heteroatoms. The van der Waals surface area contributed by atoms with Crippen LogP contribution in [0.1, 0.15) is 16.0 Å². The minimum absolute atomic E-state index is 0.281. The maximum atomic E-state index is 13.7. The van der Waals surface area contributed by atoms with E-state index in [9.17, 15) is 4.39 Å². The Hall–Kier alpha value is -1.52. The molecule has 0 aliphatic carbocycles. The van der Waals surface area contributed by atoms with Gasteiger partial charge in [0, 0.05) is 16.3 Å². The van der Waals surface area contributed by atoms with Crippen LogP contribution < -0.4 is 0 Å². The van der Waals surface area contributed by atoms with Crippen molar-refractivity contribution in [2.24, 2.45) is 0 Å². The van der Waals surface area contributed by atoms with Gasteiger partial charge in [0.1, 0.15) is 11.0 Å². The number of aromatic nitrogens is 2. The molecule has 0 saturated heterocycles. The molecular formula is C15H12ClFN2S. The molecule has 0 atom stereocenters. The summed E-state index contributed by atoms with van der Waals surface area (Å²) >= 11 is 7.83. The van der Waals surface area contributed by atoms with E-state index in [1.165, 1.54) is 16.5 Å². The van der Waals surface area contributed by atoms with Crippen LogP contribution in [0.25, 0.3) is 21.6 Å². The highest BCUT2D eigenvalue weighted by Crippen LogP contribution is 2.31. The summed E-state index contributed by atoms with van der Waals surface area (Å²) in [6.45, 7) is 5.79. The number of aryl methyl sites for hydroxylation is 3. The first-order valence-corrected chi connectivity index (χ1v) is 7.36. The molecule has 0 bridgehead atoms. The monoisotopic (exact) mass is 306 g/mol. The molecule has 2 heterocycles. The summed E-state index contributed by atoms with van der Waals surface area (Å²) in [6, 6.07) is 5.12. The van der Waals surface area contributed by atoms with Gasteiger partial charge in [-0.2, -0.15) is 0 Å². The fourth-order valence-electron chi connectivity index (χ4n) is 2.01. The smallest absolute Gasteiger partial charge is 0.171 e. The third-order valence-corrected chi connectivity index (χ3v) is 4.75. The molecule has 0 spiro atoms. The molecule has 0 aliphatic rings. The van der Waals surface area contributed by atoms with E-state index in [0.717, 1.165) is 4.88 Å². The lowest BCUT2D eigenvalue weighted by Crippen LogP contribution is -1.93. The summed E-state index contributed by atoms with van der Waals surface area (Å²) in [4.78, 5) is 10.9. The molecule has 0 radical (unpaired) electrons. The molecule has 0 aliphatic heterocycles. The van der Waals surface area contributed by atoms with Crippen LogP contribution in [0.5, 0.6) is 0 Å². The topological polar surface area (TPSA) is 25.8 Å². The molecule has 102 valence electrons. The summed E-state index contributed by atoms with van der Waals surface area (Å²) in [5, 5.41) is 1.04. The van der Waals surface area contributed by atoms with Crippen LogP contribution in [0.3, 0.4) is 0 Å². The van der Waals surface area contributed by atoms with Gasteiger partial charge in [-0.15, -0.1) is 11.3 Å². The summed E-state index contributed by atoms with van der Waals surface area (Å²) in [5.41, 5.74) is 2.27. The molecule has 3 aromatic rings. The van der Waals surface area contributed by atoms with Crippen molar-refractivity contribution in [3.63, 3.8) is 0 Å². The first kappa shape index (κ1) is 13.5. The van der Waals surface area contributed by atoms with Gasteiger partial charge in [0.25, 0.3) is 0 Å². The van der Waals surface area contributed by atoms with Crippen LogP contribution >= 0.6 is 22.9 Å². The SMILES string of the molecule is Cc1cc2c(Cl)nc(-c3cc(C)c(C)s3)nc2cc1F. The molecule has 2 nitrogen and oxygen atoms in total. The van der Waals surface area contributed by atoms with Crippen molar-refractivity contribution in [3.05, 3.63) is 45.2 Å². The second-order valence-corrected chi connectivity index (χ2v) is 6.42. The van der Waals surface area contributed by atoms with Gasteiger partial charge in [-0.25, -0.2) is 14.4 Å². The Kier molecular flexibility index (Phi) is 3.22. The van der Waals surface area contributed by atoms with Crippen molar-refractivity contribution >= 4 is 33.8 Å². The van der Waals surface area contributed by atoms with Gasteiger partial charge in [-0.3, -0.25) is 0 Å². The number of nitrogens with zero attached hydrogens (tertiary/aromatic N) is 2. The Morgan fingerprint density at radius 3 is 2.45 bits per heavy atom. The fraction of sp³-hybridized carbons (Fsp3) is 0.200. The van der Waals surface area contributed by atoms with Crippen molar-refractivity contribution in [3.8, 4) is 10.7 Å². The van der Waals surface area contributed by atoms with Crippen LogP contribution in [0.15, 0.2) is 18.2 Å². The van der Waals surface area contributed by atoms with Crippen molar-refractivity contribution < 1.29 is 4.39 Å². The Bertz CT molecular complexity index is 807. The molecule has 20 heavy (non-hydrogen) atoms. The zero-order valence-electron chi connectivity index (χ0n) is 11.3. The number of halogens is 2. The van der Waals surface area contributed by atoms with Gasteiger partial charge in [-0.1, -0.05) is 11.6 Å². The van der Waals surface area contributed by atoms with Crippen molar-refractivity contribution in [1.82, 2.24) is 9.97 Å². The highest BCUT2D eigenvalue weighted by Gasteiger charge is 2.12. The second-order valence-electron chi connectivity index (χ2n) is 4.81. The average Bonchev–Trinajstić information content (AvgIpc) is 2.72. The third-order valence-electron chi connectivity index (χ3n) is 3.32. The minimum atomic E-state index is -0.281. The Labute approximate surface area is 125 Å². The average molecular weight is 307 g/mol. The molecule has 0 fully saturated rings. The number of fused-ring (bicyclic) bond motifs is 1. The molecule has 0 unspecified atom stereocenters. The van der Waals surface area contributed by atoms with E-state index in [2.05, 4.69) is 16.9 Å². The van der Waals surface area contributed by atoms with Crippen molar-refractivity contribution in [2.75, 3.05) is 0 Å². The van der Waals surface area contributed by atoms with E-state index >= 15 is 0 Å². The molecule has 3 rings (SSSR count). The molecule has 0 saturated carbocycles. The highest BCUT2D eigenvalue weighted by molar-refractivity contribution is 7.15. The molecule has 0 N–H and O–H groups in total. The standard InChI is InChI=1S/C15H12ClFN2S/c1-7-5-13(20-9(7)3)15-18-12-6-11(17)8(2)4-10(12)14(16)19-15/h4-6H,1-3H3. The van der Waals surface area contributed by atoms with Gasteiger partial charge < -0.3 is 0 Å². The molecule has 0 amide bonds. The lowest BCUT2D eigenvalue weighted by molar-refractivity contribution is 0.620. The number of benzene rings is 1. The Morgan fingerprint density at radius 1 is 1.05 bits per heavy atom. The van der Waals surface area contributed by atoms with E-state index in [-0.39, 0.29) is 5.82 Å². The van der Waals surface area contributed by atoms with E-state index in [4.69, 9.17) is 11.6 Å². The van der Waals surface area contributed by atoms with Crippen molar-refractivity contribution in [2.45, 2.75) is 20.8 Å². The summed E-state index contributed by atoms with van der Waals surface area (Å²) in [5.74, 6) is 0.267. The van der Waals surface area contributed by atoms with Gasteiger partial charge in [0.05, 0.1) is 10.4 Å². The lowest BCUT2D eigenvalue weighted by Gasteiger charge is -2.05. The first-order chi connectivity index (χ1) is 9.45. The summed E-state index contributed by atoms with van der Waals surface area (Å²) < 4.78 is 13.7. The van der Waals surface area contributed by atoms with Gasteiger partial charge in [0.15, 0.2) is 5.82 Å². The van der Waals surface area contributed by atoms with Gasteiger partial charge in [0.2, 0.25) is 0 Å².